The summed E-state index contributed by atoms with van der Waals surface area (Å²) >= 11 is 0. The molecular formula is C27H34O3Si. The number of ketones is 1. The molecule has 0 N–H and O–H groups in total. The monoisotopic (exact) mass is 434 g/mol. The topological polar surface area (TPSA) is 35.5 Å². The highest BCUT2D eigenvalue weighted by molar-refractivity contribution is 6.81. The Morgan fingerprint density at radius 3 is 1.87 bits per heavy atom. The van der Waals surface area contributed by atoms with Gasteiger partial charge in [0.2, 0.25) is 0 Å². The van der Waals surface area contributed by atoms with Crippen molar-refractivity contribution in [1.29, 1.82) is 0 Å². The molecule has 0 spiro atoms. The first-order chi connectivity index (χ1) is 14.9. The van der Waals surface area contributed by atoms with Gasteiger partial charge in [0.1, 0.15) is 5.78 Å². The first-order valence-electron chi connectivity index (χ1n) is 11.4. The number of fused-ring (bicyclic) bond motifs is 1. The van der Waals surface area contributed by atoms with Crippen LogP contribution in [-0.2, 0) is 27.5 Å². The van der Waals surface area contributed by atoms with Gasteiger partial charge < -0.3 is 9.47 Å². The van der Waals surface area contributed by atoms with Crippen LogP contribution in [0.2, 0.25) is 25.2 Å². The van der Waals surface area contributed by atoms with E-state index >= 15 is 0 Å². The van der Waals surface area contributed by atoms with Crippen LogP contribution >= 0.6 is 0 Å². The number of allylic oxidation sites excluding steroid dienone is 1. The normalized spacial score (nSPS) is 22.4. The lowest BCUT2D eigenvalue weighted by molar-refractivity contribution is -0.117. The van der Waals surface area contributed by atoms with Gasteiger partial charge in [-0.05, 0) is 23.5 Å². The van der Waals surface area contributed by atoms with Crippen molar-refractivity contribution in [3.05, 3.63) is 83.4 Å². The maximum absolute atomic E-state index is 12.8. The smallest absolute Gasteiger partial charge is 0.137 e. The van der Waals surface area contributed by atoms with Crippen molar-refractivity contribution >= 4 is 13.9 Å². The lowest BCUT2D eigenvalue weighted by Crippen LogP contribution is -2.33. The van der Waals surface area contributed by atoms with Crippen LogP contribution in [-0.4, -0.2) is 27.1 Å². The molecule has 0 saturated heterocycles. The minimum absolute atomic E-state index is 0.151. The second-order valence-corrected chi connectivity index (χ2v) is 15.6. The number of carbonyl (C=O) groups is 1. The quantitative estimate of drug-likeness (QED) is 0.357. The van der Waals surface area contributed by atoms with Gasteiger partial charge in [-0.2, -0.15) is 0 Å². The van der Waals surface area contributed by atoms with E-state index in [1.54, 1.807) is 0 Å². The summed E-state index contributed by atoms with van der Waals surface area (Å²) in [6.45, 7) is 9.41. The summed E-state index contributed by atoms with van der Waals surface area (Å²) in [5.74, 6) is 0.823. The standard InChI is InChI=1S/C27H34O3Si/c1-31(2,3)26-24-16-27(15-23(24)14-25(26)28,19-29-17-21-10-6-4-7-11-21)20-30-18-22-12-8-5-9-13-22/h4-13,16,23,26H,14-15,17-20H2,1-3H3. The molecule has 2 aliphatic carbocycles. The molecule has 0 radical (unpaired) electrons. The third-order valence-electron chi connectivity index (χ3n) is 6.57. The molecule has 164 valence electrons. The lowest BCUT2D eigenvalue weighted by Gasteiger charge is -2.29. The first kappa shape index (κ1) is 22.2. The summed E-state index contributed by atoms with van der Waals surface area (Å²) in [6, 6.07) is 20.6. The first-order valence-corrected chi connectivity index (χ1v) is 14.9. The fourth-order valence-electron chi connectivity index (χ4n) is 5.31. The average molecular weight is 435 g/mol. The van der Waals surface area contributed by atoms with Crippen molar-refractivity contribution in [3.8, 4) is 0 Å². The molecule has 0 aromatic heterocycles. The van der Waals surface area contributed by atoms with E-state index in [-0.39, 0.29) is 11.0 Å². The number of Topliss-reactive ketones (excluding diaryl/α,β-unsaturated/α-hetero) is 1. The van der Waals surface area contributed by atoms with Crippen LogP contribution in [0, 0.1) is 11.3 Å². The minimum atomic E-state index is -1.60. The van der Waals surface area contributed by atoms with Crippen molar-refractivity contribution in [2.45, 2.75) is 51.2 Å². The fraction of sp³-hybridized carbons (Fsp3) is 0.444. The van der Waals surface area contributed by atoms with Gasteiger partial charge in [-0.15, -0.1) is 0 Å². The largest absolute Gasteiger partial charge is 0.376 e. The molecule has 2 atom stereocenters. The predicted molar refractivity (Wildman–Crippen MR) is 128 cm³/mol. The Morgan fingerprint density at radius 2 is 1.39 bits per heavy atom. The van der Waals surface area contributed by atoms with Gasteiger partial charge in [-0.1, -0.05) is 92.0 Å². The number of ether oxygens (including phenoxy) is 2. The molecule has 4 heteroatoms. The molecule has 0 amide bonds. The van der Waals surface area contributed by atoms with Crippen molar-refractivity contribution < 1.29 is 14.3 Å². The molecule has 1 fully saturated rings. The highest BCUT2D eigenvalue weighted by Gasteiger charge is 2.51. The zero-order chi connectivity index (χ0) is 21.9. The summed E-state index contributed by atoms with van der Waals surface area (Å²) in [4.78, 5) is 12.8. The Hall–Kier alpha value is -2.01. The third kappa shape index (κ3) is 5.25. The summed E-state index contributed by atoms with van der Waals surface area (Å²) in [7, 11) is -1.60. The van der Waals surface area contributed by atoms with E-state index < -0.39 is 8.07 Å². The molecule has 31 heavy (non-hydrogen) atoms. The zero-order valence-electron chi connectivity index (χ0n) is 19.0. The van der Waals surface area contributed by atoms with Gasteiger partial charge in [0.25, 0.3) is 0 Å². The van der Waals surface area contributed by atoms with Crippen LogP contribution in [0.25, 0.3) is 0 Å². The molecule has 2 aliphatic rings. The minimum Gasteiger partial charge on any atom is -0.376 e. The SMILES string of the molecule is C[Si](C)(C)C1C(=O)CC2CC(COCc3ccccc3)(COCc3ccccc3)C=C21. The molecule has 1 saturated carbocycles. The molecule has 2 unspecified atom stereocenters. The molecule has 4 rings (SSSR count). The van der Waals surface area contributed by atoms with E-state index in [1.165, 1.54) is 16.7 Å². The van der Waals surface area contributed by atoms with Crippen LogP contribution in [0.15, 0.2) is 72.3 Å². The average Bonchev–Trinajstić information content (AvgIpc) is 3.21. The van der Waals surface area contributed by atoms with E-state index in [4.69, 9.17) is 9.47 Å². The van der Waals surface area contributed by atoms with Gasteiger partial charge in [0.05, 0.1) is 34.5 Å². The molecule has 0 bridgehead atoms. The van der Waals surface area contributed by atoms with E-state index in [1.807, 2.05) is 36.4 Å². The second-order valence-electron chi connectivity index (χ2n) is 10.3. The third-order valence-corrected chi connectivity index (χ3v) is 8.96. The Morgan fingerprint density at radius 1 is 0.871 bits per heavy atom. The number of rotatable bonds is 9. The van der Waals surface area contributed by atoms with Crippen molar-refractivity contribution in [1.82, 2.24) is 0 Å². The number of carbonyl (C=O) groups excluding carboxylic acids is 1. The van der Waals surface area contributed by atoms with Crippen LogP contribution in [0.4, 0.5) is 0 Å². The van der Waals surface area contributed by atoms with Crippen molar-refractivity contribution in [3.63, 3.8) is 0 Å². The van der Waals surface area contributed by atoms with E-state index in [0.717, 1.165) is 6.42 Å². The van der Waals surface area contributed by atoms with E-state index in [0.29, 0.717) is 44.5 Å². The summed E-state index contributed by atoms with van der Waals surface area (Å²) in [5.41, 5.74) is 3.76. The maximum atomic E-state index is 12.8. The Balaban J connectivity index is 1.49. The summed E-state index contributed by atoms with van der Waals surface area (Å²) < 4.78 is 12.4. The maximum Gasteiger partial charge on any atom is 0.137 e. The van der Waals surface area contributed by atoms with Crippen LogP contribution < -0.4 is 0 Å². The predicted octanol–water partition coefficient (Wildman–Crippen LogP) is 6.03. The van der Waals surface area contributed by atoms with E-state index in [9.17, 15) is 4.79 Å². The van der Waals surface area contributed by atoms with Crippen LogP contribution in [0.5, 0.6) is 0 Å². The number of benzene rings is 2. The fourth-order valence-corrected chi connectivity index (χ4v) is 7.72. The Labute approximate surface area is 187 Å². The summed E-state index contributed by atoms with van der Waals surface area (Å²) in [6.07, 6.45) is 4.04. The highest BCUT2D eigenvalue weighted by atomic mass is 28.3. The Kier molecular flexibility index (Phi) is 6.61. The molecular weight excluding hydrogens is 400 g/mol. The van der Waals surface area contributed by atoms with Gasteiger partial charge in [-0.3, -0.25) is 4.79 Å². The van der Waals surface area contributed by atoms with E-state index in [2.05, 4.69) is 50.0 Å². The Bertz CT molecular complexity index is 869. The molecule has 2 aromatic rings. The molecule has 3 nitrogen and oxygen atoms in total. The summed E-state index contributed by atoms with van der Waals surface area (Å²) in [5, 5.41) is 0. The highest BCUT2D eigenvalue weighted by Crippen LogP contribution is 2.54. The van der Waals surface area contributed by atoms with Crippen LogP contribution in [0.1, 0.15) is 24.0 Å². The van der Waals surface area contributed by atoms with Gasteiger partial charge in [0.15, 0.2) is 0 Å². The van der Waals surface area contributed by atoms with Gasteiger partial charge >= 0.3 is 0 Å². The number of hydrogen-bond donors (Lipinski definition) is 0. The zero-order valence-corrected chi connectivity index (χ0v) is 20.0. The van der Waals surface area contributed by atoms with Gasteiger partial charge in [0, 0.05) is 17.4 Å². The van der Waals surface area contributed by atoms with Crippen molar-refractivity contribution in [2.24, 2.45) is 11.3 Å². The van der Waals surface area contributed by atoms with Crippen LogP contribution in [0.3, 0.4) is 0 Å². The second kappa shape index (κ2) is 9.23. The van der Waals surface area contributed by atoms with Gasteiger partial charge in [-0.25, -0.2) is 0 Å². The lowest BCUT2D eigenvalue weighted by atomic mass is 9.86. The molecule has 2 aromatic carbocycles. The number of hydrogen-bond acceptors (Lipinski definition) is 3. The molecule has 0 aliphatic heterocycles. The van der Waals surface area contributed by atoms with Crippen molar-refractivity contribution in [2.75, 3.05) is 13.2 Å². The molecule has 0 heterocycles.